The molecule has 0 unspecified atom stereocenters. The Morgan fingerprint density at radius 3 is 2.19 bits per heavy atom. The summed E-state index contributed by atoms with van der Waals surface area (Å²) in [5.41, 5.74) is 4.38. The Hall–Kier alpha value is -3.40. The molecule has 2 aromatic carbocycles. The number of thiophene rings is 1. The predicted molar refractivity (Wildman–Crippen MR) is 104 cm³/mol. The maximum atomic E-state index is 14.1. The van der Waals surface area contributed by atoms with Crippen molar-refractivity contribution >= 4 is 33.0 Å². The third-order valence-corrected chi connectivity index (χ3v) is 5.62. The standard InChI is InChI=1S/C21H10F6N2OS/c22-10-3-1-9(2-4-10)13-8-15(21(25,26)27)29-20-16(13)17(28)19(31-20)18(30)12-6-5-11(23)7-14(12)24/h1-8H,28H2. The molecule has 0 bridgehead atoms. The molecule has 4 rings (SSSR count). The minimum absolute atomic E-state index is 0.00953. The Morgan fingerprint density at radius 2 is 1.58 bits per heavy atom. The summed E-state index contributed by atoms with van der Waals surface area (Å²) in [5, 5.41) is 0.0514. The Bertz CT molecular complexity index is 1330. The molecule has 0 saturated carbocycles. The van der Waals surface area contributed by atoms with Crippen molar-refractivity contribution in [3.8, 4) is 11.1 Å². The molecule has 2 N–H and O–H groups in total. The van der Waals surface area contributed by atoms with Crippen molar-refractivity contribution in [1.29, 1.82) is 0 Å². The Kier molecular flexibility index (Phi) is 4.97. The van der Waals surface area contributed by atoms with Crippen molar-refractivity contribution < 1.29 is 31.1 Å². The highest BCUT2D eigenvalue weighted by atomic mass is 32.1. The SMILES string of the molecule is Nc1c(C(=O)c2ccc(F)cc2F)sc2nc(C(F)(F)F)cc(-c3ccc(F)cc3)c12. The van der Waals surface area contributed by atoms with E-state index < -0.39 is 40.7 Å². The monoisotopic (exact) mass is 452 g/mol. The van der Waals surface area contributed by atoms with Gasteiger partial charge in [-0.05, 0) is 41.5 Å². The molecule has 0 aliphatic heterocycles. The summed E-state index contributed by atoms with van der Waals surface area (Å²) in [6.07, 6.45) is -4.80. The van der Waals surface area contributed by atoms with E-state index in [2.05, 4.69) is 4.98 Å². The Labute approximate surface area is 174 Å². The van der Waals surface area contributed by atoms with Gasteiger partial charge < -0.3 is 5.73 Å². The summed E-state index contributed by atoms with van der Waals surface area (Å²) >= 11 is 0.562. The van der Waals surface area contributed by atoms with E-state index >= 15 is 0 Å². The Morgan fingerprint density at radius 1 is 0.935 bits per heavy atom. The molecule has 2 heterocycles. The fourth-order valence-electron chi connectivity index (χ4n) is 3.09. The molecule has 0 spiro atoms. The van der Waals surface area contributed by atoms with Crippen LogP contribution in [-0.4, -0.2) is 10.8 Å². The third kappa shape index (κ3) is 3.74. The topological polar surface area (TPSA) is 56.0 Å². The van der Waals surface area contributed by atoms with Gasteiger partial charge in [0.1, 0.15) is 32.9 Å². The molecule has 158 valence electrons. The molecule has 0 radical (unpaired) electrons. The number of alkyl halides is 3. The number of halogens is 6. The van der Waals surface area contributed by atoms with Gasteiger partial charge in [0.05, 0.1) is 11.3 Å². The zero-order valence-electron chi connectivity index (χ0n) is 15.2. The van der Waals surface area contributed by atoms with Crippen LogP contribution in [0.2, 0.25) is 0 Å². The zero-order chi connectivity index (χ0) is 22.5. The third-order valence-electron chi connectivity index (χ3n) is 4.53. The van der Waals surface area contributed by atoms with Gasteiger partial charge in [-0.3, -0.25) is 4.79 Å². The summed E-state index contributed by atoms with van der Waals surface area (Å²) in [6, 6.07) is 7.74. The van der Waals surface area contributed by atoms with Gasteiger partial charge in [-0.25, -0.2) is 18.2 Å². The molecule has 0 aliphatic rings. The van der Waals surface area contributed by atoms with Crippen molar-refractivity contribution in [1.82, 2.24) is 4.98 Å². The predicted octanol–water partition coefficient (Wildman–Crippen LogP) is 6.21. The fourth-order valence-corrected chi connectivity index (χ4v) is 4.16. The van der Waals surface area contributed by atoms with E-state index in [4.69, 9.17) is 5.73 Å². The molecule has 10 heteroatoms. The number of hydrogen-bond acceptors (Lipinski definition) is 4. The minimum atomic E-state index is -4.80. The van der Waals surface area contributed by atoms with Crippen LogP contribution in [0.3, 0.4) is 0 Å². The first kappa shape index (κ1) is 20.9. The van der Waals surface area contributed by atoms with E-state index in [0.717, 1.165) is 30.3 Å². The lowest BCUT2D eigenvalue weighted by molar-refractivity contribution is -0.140. The minimum Gasteiger partial charge on any atom is -0.397 e. The maximum absolute atomic E-state index is 14.1. The van der Waals surface area contributed by atoms with Gasteiger partial charge in [0, 0.05) is 11.5 Å². The molecule has 0 amide bonds. The first-order valence-electron chi connectivity index (χ1n) is 8.62. The largest absolute Gasteiger partial charge is 0.433 e. The molecular weight excluding hydrogens is 442 g/mol. The number of rotatable bonds is 3. The van der Waals surface area contributed by atoms with Crippen LogP contribution in [0.4, 0.5) is 32.0 Å². The number of nitrogens with zero attached hydrogens (tertiary/aromatic N) is 1. The number of ketones is 1. The smallest absolute Gasteiger partial charge is 0.397 e. The lowest BCUT2D eigenvalue weighted by Crippen LogP contribution is -2.08. The van der Waals surface area contributed by atoms with Crippen LogP contribution in [0, 0.1) is 17.5 Å². The molecule has 0 saturated heterocycles. The van der Waals surface area contributed by atoms with Crippen LogP contribution in [0.1, 0.15) is 20.9 Å². The van der Waals surface area contributed by atoms with Crippen LogP contribution in [0.25, 0.3) is 21.3 Å². The zero-order valence-corrected chi connectivity index (χ0v) is 16.0. The summed E-state index contributed by atoms with van der Waals surface area (Å²) in [6.45, 7) is 0. The van der Waals surface area contributed by atoms with Crippen LogP contribution in [0.15, 0.2) is 48.5 Å². The highest BCUT2D eigenvalue weighted by Crippen LogP contribution is 2.43. The number of benzene rings is 2. The van der Waals surface area contributed by atoms with Crippen molar-refractivity contribution in [2.75, 3.05) is 5.73 Å². The van der Waals surface area contributed by atoms with Crippen molar-refractivity contribution in [3.05, 3.63) is 82.1 Å². The normalized spacial score (nSPS) is 11.8. The number of carbonyl (C=O) groups is 1. The highest BCUT2D eigenvalue weighted by molar-refractivity contribution is 7.21. The molecule has 0 fully saturated rings. The number of nitrogens with two attached hydrogens (primary N) is 1. The summed E-state index contributed by atoms with van der Waals surface area (Å²) in [4.78, 5) is 16.0. The molecule has 0 aliphatic carbocycles. The fraction of sp³-hybridized carbons (Fsp3) is 0.0476. The first-order chi connectivity index (χ1) is 14.6. The number of anilines is 1. The van der Waals surface area contributed by atoms with Gasteiger partial charge in [-0.2, -0.15) is 13.2 Å². The number of hydrogen-bond donors (Lipinski definition) is 1. The van der Waals surface area contributed by atoms with Gasteiger partial charge in [0.25, 0.3) is 0 Å². The van der Waals surface area contributed by atoms with Crippen molar-refractivity contribution in [2.45, 2.75) is 6.18 Å². The maximum Gasteiger partial charge on any atom is 0.433 e. The quantitative estimate of drug-likeness (QED) is 0.297. The molecule has 3 nitrogen and oxygen atoms in total. The van der Waals surface area contributed by atoms with Gasteiger partial charge in [-0.15, -0.1) is 11.3 Å². The molecule has 0 atom stereocenters. The van der Waals surface area contributed by atoms with E-state index in [-0.39, 0.29) is 31.9 Å². The van der Waals surface area contributed by atoms with Crippen LogP contribution >= 0.6 is 11.3 Å². The van der Waals surface area contributed by atoms with Gasteiger partial charge in [0.15, 0.2) is 0 Å². The average molecular weight is 452 g/mol. The second kappa shape index (κ2) is 7.38. The Balaban J connectivity index is 1.98. The molecular formula is C21H10F6N2OS. The molecule has 2 aromatic heterocycles. The number of aromatic nitrogens is 1. The summed E-state index contributed by atoms with van der Waals surface area (Å²) in [7, 11) is 0. The van der Waals surface area contributed by atoms with E-state index in [1.54, 1.807) is 0 Å². The van der Waals surface area contributed by atoms with E-state index in [0.29, 0.717) is 17.4 Å². The number of fused-ring (bicyclic) bond motifs is 1. The second-order valence-electron chi connectivity index (χ2n) is 6.54. The van der Waals surface area contributed by atoms with E-state index in [1.165, 1.54) is 12.1 Å². The first-order valence-corrected chi connectivity index (χ1v) is 9.44. The van der Waals surface area contributed by atoms with Crippen LogP contribution in [0.5, 0.6) is 0 Å². The lowest BCUT2D eigenvalue weighted by atomic mass is 10.00. The van der Waals surface area contributed by atoms with Crippen LogP contribution in [-0.2, 0) is 6.18 Å². The van der Waals surface area contributed by atoms with Crippen LogP contribution < -0.4 is 5.73 Å². The van der Waals surface area contributed by atoms with Gasteiger partial charge in [-0.1, -0.05) is 12.1 Å². The van der Waals surface area contributed by atoms with Gasteiger partial charge >= 0.3 is 6.18 Å². The number of nitrogen functional groups attached to an aromatic ring is 1. The van der Waals surface area contributed by atoms with Crippen molar-refractivity contribution in [3.63, 3.8) is 0 Å². The molecule has 4 aromatic rings. The van der Waals surface area contributed by atoms with E-state index in [9.17, 15) is 31.1 Å². The average Bonchev–Trinajstić information content (AvgIpc) is 3.03. The van der Waals surface area contributed by atoms with Gasteiger partial charge in [0.2, 0.25) is 5.78 Å². The number of pyridine rings is 1. The number of carbonyl (C=O) groups excluding carboxylic acids is 1. The van der Waals surface area contributed by atoms with E-state index in [1.807, 2.05) is 0 Å². The summed E-state index contributed by atoms with van der Waals surface area (Å²) < 4.78 is 80.7. The summed E-state index contributed by atoms with van der Waals surface area (Å²) in [5.74, 6) is -3.54. The highest BCUT2D eigenvalue weighted by Gasteiger charge is 2.35. The second-order valence-corrected chi connectivity index (χ2v) is 7.54. The van der Waals surface area contributed by atoms with Crippen molar-refractivity contribution in [2.24, 2.45) is 0 Å². The lowest BCUT2D eigenvalue weighted by Gasteiger charge is -2.10. The molecule has 31 heavy (non-hydrogen) atoms.